The molecule has 0 aliphatic carbocycles. The third kappa shape index (κ3) is 3.68. The zero-order valence-corrected chi connectivity index (χ0v) is 15.8. The molecule has 0 bridgehead atoms. The first-order valence-corrected chi connectivity index (χ1v) is 8.90. The molecule has 3 aromatic rings. The fourth-order valence-corrected chi connectivity index (χ4v) is 2.86. The molecule has 9 nitrogen and oxygen atoms in total. The molecule has 0 amide bonds. The number of hydrogen-bond acceptors (Lipinski definition) is 7. The molecule has 27 heavy (non-hydrogen) atoms. The molecular weight excluding hydrogens is 342 g/mol. The van der Waals surface area contributed by atoms with Gasteiger partial charge in [0.15, 0.2) is 5.82 Å². The Labute approximate surface area is 157 Å². The first-order valence-electron chi connectivity index (χ1n) is 8.90. The molecule has 0 saturated heterocycles. The number of hydrazone groups is 1. The molecule has 0 saturated carbocycles. The molecule has 9 heteroatoms. The molecule has 0 atom stereocenters. The van der Waals surface area contributed by atoms with Crippen LogP contribution in [0, 0.1) is 0 Å². The fourth-order valence-electron chi connectivity index (χ4n) is 2.86. The molecule has 0 spiro atoms. The number of hydrogen-bond donors (Lipinski definition) is 4. The van der Waals surface area contributed by atoms with Gasteiger partial charge in [0, 0.05) is 30.4 Å². The van der Waals surface area contributed by atoms with Crippen molar-refractivity contribution in [3.05, 3.63) is 30.1 Å². The van der Waals surface area contributed by atoms with E-state index >= 15 is 0 Å². The van der Waals surface area contributed by atoms with E-state index in [0.29, 0.717) is 23.2 Å². The van der Waals surface area contributed by atoms with Gasteiger partial charge in [-0.2, -0.15) is 5.10 Å². The highest BCUT2D eigenvalue weighted by Crippen LogP contribution is 2.31. The van der Waals surface area contributed by atoms with Crippen molar-refractivity contribution in [1.29, 1.82) is 0 Å². The van der Waals surface area contributed by atoms with Gasteiger partial charge in [-0.25, -0.2) is 25.8 Å². The van der Waals surface area contributed by atoms with Crippen LogP contribution in [-0.2, 0) is 6.42 Å². The monoisotopic (exact) mass is 367 g/mol. The molecule has 3 rings (SSSR count). The summed E-state index contributed by atoms with van der Waals surface area (Å²) in [6.45, 7) is 3.89. The smallest absolute Gasteiger partial charge is 0.222 e. The number of nitrogens with zero attached hydrogens (tertiary/aromatic N) is 5. The summed E-state index contributed by atoms with van der Waals surface area (Å²) in [6, 6.07) is 3.80. The average Bonchev–Trinajstić information content (AvgIpc) is 3.13. The summed E-state index contributed by atoms with van der Waals surface area (Å²) >= 11 is 0. The van der Waals surface area contributed by atoms with E-state index in [1.165, 1.54) is 5.01 Å². The summed E-state index contributed by atoms with van der Waals surface area (Å²) in [4.78, 5) is 16.9. The van der Waals surface area contributed by atoms with Crippen molar-refractivity contribution in [2.24, 2.45) is 16.8 Å². The molecule has 0 fully saturated rings. The van der Waals surface area contributed by atoms with Crippen LogP contribution in [0.4, 0.5) is 11.8 Å². The van der Waals surface area contributed by atoms with Crippen LogP contribution in [0.25, 0.3) is 22.3 Å². The molecule has 0 aromatic carbocycles. The standard InChI is InChI=1S/C18H25N9/c1-4-5-6-12-9-23-18(21-3)25-16(12)14-10-22-17-13(14)7-8-15(24-17)27(20)11(2)26-19/h7-10H,4-6,19-20H2,1-3H3,(H,22,24)(H,21,23,25)/b26-11-. The van der Waals surface area contributed by atoms with E-state index in [4.69, 9.17) is 16.7 Å². The van der Waals surface area contributed by atoms with Crippen molar-refractivity contribution >= 4 is 28.6 Å². The van der Waals surface area contributed by atoms with Crippen LogP contribution >= 0.6 is 0 Å². The number of pyridine rings is 1. The summed E-state index contributed by atoms with van der Waals surface area (Å²) in [5.41, 5.74) is 3.73. The maximum Gasteiger partial charge on any atom is 0.222 e. The predicted molar refractivity (Wildman–Crippen MR) is 109 cm³/mol. The van der Waals surface area contributed by atoms with Crippen LogP contribution in [0.1, 0.15) is 32.3 Å². The van der Waals surface area contributed by atoms with Gasteiger partial charge >= 0.3 is 0 Å². The maximum atomic E-state index is 5.99. The molecule has 0 aliphatic rings. The lowest BCUT2D eigenvalue weighted by atomic mass is 10.0. The van der Waals surface area contributed by atoms with Crippen LogP contribution < -0.4 is 22.0 Å². The number of H-pyrrole nitrogens is 1. The highest BCUT2D eigenvalue weighted by molar-refractivity contribution is 5.97. The molecule has 142 valence electrons. The second-order valence-corrected chi connectivity index (χ2v) is 6.24. The van der Waals surface area contributed by atoms with E-state index in [-0.39, 0.29) is 0 Å². The quantitative estimate of drug-likeness (QED) is 0.227. The summed E-state index contributed by atoms with van der Waals surface area (Å²) in [5.74, 6) is 12.9. The lowest BCUT2D eigenvalue weighted by Crippen LogP contribution is -2.37. The van der Waals surface area contributed by atoms with Crippen molar-refractivity contribution in [2.75, 3.05) is 17.4 Å². The lowest BCUT2D eigenvalue weighted by Gasteiger charge is -2.15. The number of aromatic amines is 1. The highest BCUT2D eigenvalue weighted by atomic mass is 15.5. The molecule has 0 radical (unpaired) electrons. The first-order chi connectivity index (χ1) is 13.1. The van der Waals surface area contributed by atoms with Gasteiger partial charge in [0.05, 0.1) is 5.69 Å². The Balaban J connectivity index is 2.07. The van der Waals surface area contributed by atoms with E-state index < -0.39 is 0 Å². The van der Waals surface area contributed by atoms with E-state index in [2.05, 4.69) is 32.3 Å². The van der Waals surface area contributed by atoms with Crippen LogP contribution in [0.15, 0.2) is 29.6 Å². The minimum atomic E-state index is 0.463. The molecule has 0 aliphatic heterocycles. The van der Waals surface area contributed by atoms with Gasteiger partial charge in [0.25, 0.3) is 0 Å². The first kappa shape index (κ1) is 18.6. The molecule has 3 heterocycles. The Hall–Kier alpha value is -3.20. The Morgan fingerprint density at radius 2 is 2.15 bits per heavy atom. The number of unbranched alkanes of at least 4 members (excludes halogenated alkanes) is 1. The number of fused-ring (bicyclic) bond motifs is 1. The third-order valence-corrected chi connectivity index (χ3v) is 4.45. The Morgan fingerprint density at radius 3 is 2.85 bits per heavy atom. The maximum absolute atomic E-state index is 5.99. The molecule has 3 aromatic heterocycles. The van der Waals surface area contributed by atoms with Crippen molar-refractivity contribution < 1.29 is 0 Å². The summed E-state index contributed by atoms with van der Waals surface area (Å²) in [5, 5.41) is 8.92. The van der Waals surface area contributed by atoms with Gasteiger partial charge in [-0.15, -0.1) is 0 Å². The van der Waals surface area contributed by atoms with Gasteiger partial charge in [-0.3, -0.25) is 0 Å². The molecule has 6 N–H and O–H groups in total. The molecular formula is C18H25N9. The van der Waals surface area contributed by atoms with Crippen molar-refractivity contribution in [3.8, 4) is 11.3 Å². The number of aryl methyl sites for hydroxylation is 1. The number of rotatable bonds is 6. The minimum Gasteiger partial charge on any atom is -0.357 e. The lowest BCUT2D eigenvalue weighted by molar-refractivity contribution is 0.790. The van der Waals surface area contributed by atoms with Crippen molar-refractivity contribution in [3.63, 3.8) is 0 Å². The number of amidine groups is 1. The molecule has 0 unspecified atom stereocenters. The second kappa shape index (κ2) is 8.00. The van der Waals surface area contributed by atoms with E-state index in [1.54, 1.807) is 6.92 Å². The van der Waals surface area contributed by atoms with E-state index in [9.17, 15) is 0 Å². The number of nitrogens with one attached hydrogen (secondary N) is 2. The van der Waals surface area contributed by atoms with Crippen molar-refractivity contribution in [2.45, 2.75) is 33.1 Å². The normalized spacial score (nSPS) is 11.8. The third-order valence-electron chi connectivity index (χ3n) is 4.45. The van der Waals surface area contributed by atoms with Crippen LogP contribution in [-0.4, -0.2) is 32.8 Å². The Bertz CT molecular complexity index is 961. The SMILES string of the molecule is CCCCc1cnc(NC)nc1-c1c[nH]c2nc(N(N)/C(C)=N\N)ccc12. The van der Waals surface area contributed by atoms with Gasteiger partial charge in [0.1, 0.15) is 11.5 Å². The van der Waals surface area contributed by atoms with Gasteiger partial charge in [-0.05, 0) is 37.5 Å². The highest BCUT2D eigenvalue weighted by Gasteiger charge is 2.16. The zero-order valence-electron chi connectivity index (χ0n) is 15.8. The number of anilines is 2. The predicted octanol–water partition coefficient (Wildman–Crippen LogP) is 2.38. The number of hydrazine groups is 1. The van der Waals surface area contributed by atoms with Gasteiger partial charge < -0.3 is 16.1 Å². The van der Waals surface area contributed by atoms with E-state index in [0.717, 1.165) is 41.5 Å². The number of nitrogens with two attached hydrogens (primary N) is 2. The van der Waals surface area contributed by atoms with Crippen LogP contribution in [0.3, 0.4) is 0 Å². The topological polar surface area (TPSA) is 134 Å². The van der Waals surface area contributed by atoms with Gasteiger partial charge in [-0.1, -0.05) is 13.3 Å². The second-order valence-electron chi connectivity index (χ2n) is 6.24. The van der Waals surface area contributed by atoms with Crippen LogP contribution in [0.2, 0.25) is 0 Å². The minimum absolute atomic E-state index is 0.463. The van der Waals surface area contributed by atoms with Crippen LogP contribution in [0.5, 0.6) is 0 Å². The summed E-state index contributed by atoms with van der Waals surface area (Å²) in [7, 11) is 1.81. The zero-order chi connectivity index (χ0) is 19.4. The Morgan fingerprint density at radius 1 is 1.33 bits per heavy atom. The number of aromatic nitrogens is 4. The fraction of sp³-hybridized carbons (Fsp3) is 0.333. The Kier molecular flexibility index (Phi) is 5.51. The van der Waals surface area contributed by atoms with E-state index in [1.807, 2.05) is 31.6 Å². The van der Waals surface area contributed by atoms with Gasteiger partial charge in [0.2, 0.25) is 5.95 Å². The van der Waals surface area contributed by atoms with Crippen molar-refractivity contribution in [1.82, 2.24) is 19.9 Å². The summed E-state index contributed by atoms with van der Waals surface area (Å²) in [6.07, 6.45) is 6.94. The summed E-state index contributed by atoms with van der Waals surface area (Å²) < 4.78 is 0. The largest absolute Gasteiger partial charge is 0.357 e. The average molecular weight is 367 g/mol.